The van der Waals surface area contributed by atoms with E-state index in [0.717, 1.165) is 11.5 Å². The van der Waals surface area contributed by atoms with Crippen molar-refractivity contribution in [3.8, 4) is 0 Å². The van der Waals surface area contributed by atoms with Crippen molar-refractivity contribution in [3.63, 3.8) is 0 Å². The molecule has 0 radical (unpaired) electrons. The smallest absolute Gasteiger partial charge is 0.328 e. The SMILES string of the molecule is COC(=O)C(Nc1cccc2nccn12)C(C)C. The molecule has 2 aromatic rings. The molecule has 0 aliphatic heterocycles. The van der Waals surface area contributed by atoms with Crippen molar-refractivity contribution in [1.29, 1.82) is 0 Å². The Labute approximate surface area is 106 Å². The number of fused-ring (bicyclic) bond motifs is 1. The van der Waals surface area contributed by atoms with Gasteiger partial charge in [0.05, 0.1) is 7.11 Å². The maximum absolute atomic E-state index is 11.7. The van der Waals surface area contributed by atoms with Gasteiger partial charge in [-0.15, -0.1) is 0 Å². The minimum atomic E-state index is -0.372. The second-order valence-electron chi connectivity index (χ2n) is 4.46. The molecule has 18 heavy (non-hydrogen) atoms. The van der Waals surface area contributed by atoms with E-state index >= 15 is 0 Å². The van der Waals surface area contributed by atoms with E-state index in [0.29, 0.717) is 0 Å². The average Bonchev–Trinajstić information content (AvgIpc) is 2.83. The molecular weight excluding hydrogens is 230 g/mol. The molecule has 96 valence electrons. The van der Waals surface area contributed by atoms with Gasteiger partial charge in [-0.25, -0.2) is 9.78 Å². The summed E-state index contributed by atoms with van der Waals surface area (Å²) >= 11 is 0. The molecule has 0 aliphatic carbocycles. The van der Waals surface area contributed by atoms with E-state index in [1.165, 1.54) is 7.11 Å². The minimum absolute atomic E-state index is 0.135. The zero-order chi connectivity index (χ0) is 13.1. The summed E-state index contributed by atoms with van der Waals surface area (Å²) in [5.74, 6) is 0.701. The molecule has 2 aromatic heterocycles. The number of hydrogen-bond acceptors (Lipinski definition) is 4. The van der Waals surface area contributed by atoms with Gasteiger partial charge in [-0.1, -0.05) is 19.9 Å². The molecule has 1 atom stereocenters. The van der Waals surface area contributed by atoms with Gasteiger partial charge in [0.1, 0.15) is 17.5 Å². The molecule has 1 unspecified atom stereocenters. The quantitative estimate of drug-likeness (QED) is 0.839. The topological polar surface area (TPSA) is 55.6 Å². The molecule has 0 amide bonds. The molecule has 2 heterocycles. The van der Waals surface area contributed by atoms with Gasteiger partial charge in [-0.3, -0.25) is 4.40 Å². The molecule has 1 N–H and O–H groups in total. The van der Waals surface area contributed by atoms with E-state index in [1.54, 1.807) is 6.20 Å². The predicted octanol–water partition coefficient (Wildman–Crippen LogP) is 1.94. The van der Waals surface area contributed by atoms with E-state index in [1.807, 2.05) is 42.6 Å². The fraction of sp³-hybridized carbons (Fsp3) is 0.385. The lowest BCUT2D eigenvalue weighted by molar-refractivity contribution is -0.142. The van der Waals surface area contributed by atoms with Gasteiger partial charge >= 0.3 is 5.97 Å². The number of anilines is 1. The highest BCUT2D eigenvalue weighted by Crippen LogP contribution is 2.15. The summed E-state index contributed by atoms with van der Waals surface area (Å²) in [7, 11) is 1.40. The molecule has 0 saturated heterocycles. The maximum atomic E-state index is 11.7. The van der Waals surface area contributed by atoms with Crippen LogP contribution in [-0.2, 0) is 9.53 Å². The van der Waals surface area contributed by atoms with Crippen LogP contribution in [0.2, 0.25) is 0 Å². The highest BCUT2D eigenvalue weighted by molar-refractivity contribution is 5.79. The van der Waals surface area contributed by atoms with Gasteiger partial charge in [0.2, 0.25) is 0 Å². The van der Waals surface area contributed by atoms with Crippen LogP contribution in [0.25, 0.3) is 5.65 Å². The number of nitrogens with zero attached hydrogens (tertiary/aromatic N) is 2. The van der Waals surface area contributed by atoms with Crippen molar-refractivity contribution < 1.29 is 9.53 Å². The largest absolute Gasteiger partial charge is 0.467 e. The fourth-order valence-corrected chi connectivity index (χ4v) is 1.85. The Balaban J connectivity index is 2.31. The zero-order valence-corrected chi connectivity index (χ0v) is 10.8. The Morgan fingerprint density at radius 2 is 2.22 bits per heavy atom. The van der Waals surface area contributed by atoms with Crippen LogP contribution >= 0.6 is 0 Å². The molecule has 0 bridgehead atoms. The number of methoxy groups -OCH3 is 1. The summed E-state index contributed by atoms with van der Waals surface area (Å²) in [5, 5.41) is 3.21. The van der Waals surface area contributed by atoms with Crippen molar-refractivity contribution in [2.75, 3.05) is 12.4 Å². The first-order chi connectivity index (χ1) is 8.63. The van der Waals surface area contributed by atoms with E-state index in [4.69, 9.17) is 4.74 Å². The van der Waals surface area contributed by atoms with E-state index in [9.17, 15) is 4.79 Å². The number of hydrogen-bond donors (Lipinski definition) is 1. The zero-order valence-electron chi connectivity index (χ0n) is 10.8. The van der Waals surface area contributed by atoms with Crippen LogP contribution in [0, 0.1) is 5.92 Å². The third-order valence-corrected chi connectivity index (χ3v) is 2.85. The first-order valence-corrected chi connectivity index (χ1v) is 5.90. The molecular formula is C13H17N3O2. The van der Waals surface area contributed by atoms with Crippen LogP contribution in [0.3, 0.4) is 0 Å². The third-order valence-electron chi connectivity index (χ3n) is 2.85. The Kier molecular flexibility index (Phi) is 3.50. The van der Waals surface area contributed by atoms with Crippen LogP contribution in [0.5, 0.6) is 0 Å². The van der Waals surface area contributed by atoms with Gasteiger partial charge in [0.15, 0.2) is 0 Å². The molecule has 0 fully saturated rings. The Morgan fingerprint density at radius 1 is 1.44 bits per heavy atom. The Bertz CT molecular complexity index is 548. The molecule has 5 heteroatoms. The molecule has 0 aliphatic rings. The van der Waals surface area contributed by atoms with Crippen molar-refractivity contribution in [2.45, 2.75) is 19.9 Å². The number of esters is 1. The third kappa shape index (κ3) is 2.30. The molecule has 0 saturated carbocycles. The van der Waals surface area contributed by atoms with Gasteiger partial charge in [-0.05, 0) is 18.1 Å². The highest BCUT2D eigenvalue weighted by atomic mass is 16.5. The first-order valence-electron chi connectivity index (χ1n) is 5.90. The molecule has 2 rings (SSSR count). The lowest BCUT2D eigenvalue weighted by atomic mass is 10.0. The van der Waals surface area contributed by atoms with Gasteiger partial charge < -0.3 is 10.1 Å². The average molecular weight is 247 g/mol. The van der Waals surface area contributed by atoms with Crippen LogP contribution in [-0.4, -0.2) is 28.5 Å². The van der Waals surface area contributed by atoms with E-state index < -0.39 is 0 Å². The summed E-state index contributed by atoms with van der Waals surface area (Å²) in [5.41, 5.74) is 0.840. The van der Waals surface area contributed by atoms with Crippen LogP contribution in [0.1, 0.15) is 13.8 Å². The standard InChI is InChI=1S/C13H17N3O2/c1-9(2)12(13(17)18-3)15-11-6-4-5-10-14-7-8-16(10)11/h4-9,12,15H,1-3H3. The second kappa shape index (κ2) is 5.08. The van der Waals surface area contributed by atoms with Crippen LogP contribution < -0.4 is 5.32 Å². The summed E-state index contributed by atoms with van der Waals surface area (Å²) in [6.07, 6.45) is 3.58. The second-order valence-corrected chi connectivity index (χ2v) is 4.46. The monoisotopic (exact) mass is 247 g/mol. The van der Waals surface area contributed by atoms with Crippen molar-refractivity contribution >= 4 is 17.4 Å². The maximum Gasteiger partial charge on any atom is 0.328 e. The van der Waals surface area contributed by atoms with Crippen molar-refractivity contribution in [2.24, 2.45) is 5.92 Å². The van der Waals surface area contributed by atoms with Gasteiger partial charge in [-0.2, -0.15) is 0 Å². The van der Waals surface area contributed by atoms with Gasteiger partial charge in [0.25, 0.3) is 0 Å². The van der Waals surface area contributed by atoms with Crippen LogP contribution in [0.4, 0.5) is 5.82 Å². The lowest BCUT2D eigenvalue weighted by Gasteiger charge is -2.21. The molecule has 0 spiro atoms. The number of carbonyl (C=O) groups is 1. The first kappa shape index (κ1) is 12.4. The Hall–Kier alpha value is -2.04. The fourth-order valence-electron chi connectivity index (χ4n) is 1.85. The van der Waals surface area contributed by atoms with E-state index in [2.05, 4.69) is 10.3 Å². The lowest BCUT2D eigenvalue weighted by Crippen LogP contribution is -2.36. The van der Waals surface area contributed by atoms with Crippen molar-refractivity contribution in [3.05, 3.63) is 30.6 Å². The number of rotatable bonds is 4. The van der Waals surface area contributed by atoms with Crippen LogP contribution in [0.15, 0.2) is 30.6 Å². The number of carbonyl (C=O) groups excluding carboxylic acids is 1. The van der Waals surface area contributed by atoms with E-state index in [-0.39, 0.29) is 17.9 Å². The normalized spacial score (nSPS) is 12.7. The summed E-state index contributed by atoms with van der Waals surface area (Å²) in [4.78, 5) is 15.9. The number of ether oxygens (including phenoxy) is 1. The number of aromatic nitrogens is 2. The molecule has 5 nitrogen and oxygen atoms in total. The summed E-state index contributed by atoms with van der Waals surface area (Å²) in [6.45, 7) is 3.95. The molecule has 0 aromatic carbocycles. The number of imidazole rings is 1. The van der Waals surface area contributed by atoms with Gasteiger partial charge in [0, 0.05) is 12.4 Å². The predicted molar refractivity (Wildman–Crippen MR) is 69.5 cm³/mol. The number of pyridine rings is 1. The minimum Gasteiger partial charge on any atom is -0.467 e. The number of nitrogens with one attached hydrogen (secondary N) is 1. The van der Waals surface area contributed by atoms with Crippen molar-refractivity contribution in [1.82, 2.24) is 9.38 Å². The summed E-state index contributed by atoms with van der Waals surface area (Å²) in [6, 6.07) is 5.35. The highest BCUT2D eigenvalue weighted by Gasteiger charge is 2.23. The Morgan fingerprint density at radius 3 is 2.89 bits per heavy atom. The summed E-state index contributed by atoms with van der Waals surface area (Å²) < 4.78 is 6.71.